The molecule has 1 aliphatic carbocycles. The summed E-state index contributed by atoms with van der Waals surface area (Å²) in [6, 6.07) is 4.01. The van der Waals surface area contributed by atoms with Gasteiger partial charge in [0.1, 0.15) is 0 Å². The lowest BCUT2D eigenvalue weighted by atomic mass is 10.2. The second-order valence-electron chi connectivity index (χ2n) is 4.16. The fourth-order valence-corrected chi connectivity index (χ4v) is 2.96. The van der Waals surface area contributed by atoms with Gasteiger partial charge < -0.3 is 11.1 Å². The second kappa shape index (κ2) is 5.01. The molecule has 1 aromatic carbocycles. The summed E-state index contributed by atoms with van der Waals surface area (Å²) in [6.45, 7) is 0. The minimum atomic E-state index is 0.280. The summed E-state index contributed by atoms with van der Waals surface area (Å²) >= 11 is 18.0. The van der Waals surface area contributed by atoms with E-state index in [0.29, 0.717) is 21.1 Å². The van der Waals surface area contributed by atoms with E-state index in [9.17, 15) is 0 Å². The molecule has 0 aliphatic heterocycles. The first-order chi connectivity index (χ1) is 7.56. The highest BCUT2D eigenvalue weighted by Gasteiger charge is 2.22. The van der Waals surface area contributed by atoms with Gasteiger partial charge in [-0.2, -0.15) is 0 Å². The number of rotatable bonds is 2. The van der Waals surface area contributed by atoms with E-state index in [1.165, 1.54) is 0 Å². The number of benzene rings is 1. The molecule has 88 valence electrons. The molecule has 0 radical (unpaired) electrons. The summed E-state index contributed by atoms with van der Waals surface area (Å²) in [4.78, 5) is 0. The molecule has 2 nitrogen and oxygen atoms in total. The third kappa shape index (κ3) is 2.75. The van der Waals surface area contributed by atoms with Gasteiger partial charge in [0.05, 0.1) is 15.7 Å². The first-order valence-electron chi connectivity index (χ1n) is 5.23. The highest BCUT2D eigenvalue weighted by atomic mass is 35.5. The zero-order chi connectivity index (χ0) is 11.7. The molecule has 1 aromatic rings. The van der Waals surface area contributed by atoms with E-state index in [1.807, 2.05) is 0 Å². The molecule has 0 saturated heterocycles. The van der Waals surface area contributed by atoms with Crippen molar-refractivity contribution in [2.75, 3.05) is 5.32 Å². The summed E-state index contributed by atoms with van der Waals surface area (Å²) in [5, 5.41) is 4.98. The number of halogens is 3. The molecule has 2 rings (SSSR count). The molecule has 16 heavy (non-hydrogen) atoms. The van der Waals surface area contributed by atoms with Crippen molar-refractivity contribution in [2.24, 2.45) is 5.73 Å². The minimum absolute atomic E-state index is 0.280. The van der Waals surface area contributed by atoms with Crippen molar-refractivity contribution in [2.45, 2.75) is 31.3 Å². The van der Waals surface area contributed by atoms with Crippen LogP contribution in [0.1, 0.15) is 19.3 Å². The minimum Gasteiger partial charge on any atom is -0.380 e. The van der Waals surface area contributed by atoms with E-state index in [2.05, 4.69) is 5.32 Å². The Morgan fingerprint density at radius 3 is 2.25 bits per heavy atom. The Morgan fingerprint density at radius 2 is 1.75 bits per heavy atom. The van der Waals surface area contributed by atoms with Gasteiger partial charge in [0.2, 0.25) is 0 Å². The van der Waals surface area contributed by atoms with Crippen molar-refractivity contribution in [1.82, 2.24) is 0 Å². The molecule has 0 bridgehead atoms. The maximum Gasteiger partial charge on any atom is 0.0722 e. The Hall–Kier alpha value is -0.150. The molecule has 3 N–H and O–H groups in total. The van der Waals surface area contributed by atoms with E-state index in [4.69, 9.17) is 40.5 Å². The fourth-order valence-electron chi connectivity index (χ4n) is 2.03. The Kier molecular flexibility index (Phi) is 3.85. The molecule has 2 unspecified atom stereocenters. The van der Waals surface area contributed by atoms with Crippen LogP contribution in [0.15, 0.2) is 12.1 Å². The van der Waals surface area contributed by atoms with Crippen LogP contribution in [0.25, 0.3) is 0 Å². The molecule has 0 heterocycles. The zero-order valence-electron chi connectivity index (χ0n) is 8.64. The van der Waals surface area contributed by atoms with E-state index >= 15 is 0 Å². The van der Waals surface area contributed by atoms with Crippen molar-refractivity contribution >= 4 is 40.5 Å². The standard InChI is InChI=1S/C11H13Cl3N2/c12-6-3-9(13)11(10(14)4-6)16-8-2-1-7(15)5-8/h3-4,7-8,16H,1-2,5,15H2. The molecule has 0 amide bonds. The Labute approximate surface area is 110 Å². The van der Waals surface area contributed by atoms with Gasteiger partial charge in [0.15, 0.2) is 0 Å². The molecule has 2 atom stereocenters. The Bertz CT molecular complexity index is 372. The quantitative estimate of drug-likeness (QED) is 0.860. The average Bonchev–Trinajstić information content (AvgIpc) is 2.58. The van der Waals surface area contributed by atoms with E-state index < -0.39 is 0 Å². The maximum absolute atomic E-state index is 6.09. The maximum atomic E-state index is 6.09. The third-order valence-electron chi connectivity index (χ3n) is 2.83. The summed E-state index contributed by atoms with van der Waals surface area (Å²) in [7, 11) is 0. The van der Waals surface area contributed by atoms with Crippen LogP contribution in [-0.4, -0.2) is 12.1 Å². The largest absolute Gasteiger partial charge is 0.380 e. The second-order valence-corrected chi connectivity index (χ2v) is 5.41. The summed E-state index contributed by atoms with van der Waals surface area (Å²) in [5.41, 5.74) is 6.61. The molecule has 1 saturated carbocycles. The van der Waals surface area contributed by atoms with Crippen LogP contribution >= 0.6 is 34.8 Å². The highest BCUT2D eigenvalue weighted by molar-refractivity contribution is 6.41. The average molecular weight is 280 g/mol. The molecule has 1 fully saturated rings. The van der Waals surface area contributed by atoms with E-state index in [1.54, 1.807) is 12.1 Å². The van der Waals surface area contributed by atoms with Crippen LogP contribution in [0.2, 0.25) is 15.1 Å². The van der Waals surface area contributed by atoms with Crippen LogP contribution in [0.4, 0.5) is 5.69 Å². The first-order valence-corrected chi connectivity index (χ1v) is 6.36. The Morgan fingerprint density at radius 1 is 1.12 bits per heavy atom. The van der Waals surface area contributed by atoms with Gasteiger partial charge in [-0.05, 0) is 31.4 Å². The van der Waals surface area contributed by atoms with Crippen molar-refractivity contribution < 1.29 is 0 Å². The van der Waals surface area contributed by atoms with Gasteiger partial charge in [-0.15, -0.1) is 0 Å². The van der Waals surface area contributed by atoms with Crippen LogP contribution in [0.3, 0.4) is 0 Å². The smallest absolute Gasteiger partial charge is 0.0722 e. The zero-order valence-corrected chi connectivity index (χ0v) is 10.9. The van der Waals surface area contributed by atoms with Crippen LogP contribution in [-0.2, 0) is 0 Å². The SMILES string of the molecule is NC1CCC(Nc2c(Cl)cc(Cl)cc2Cl)C1. The Balaban J connectivity index is 2.15. The van der Waals surface area contributed by atoms with Crippen molar-refractivity contribution in [3.63, 3.8) is 0 Å². The van der Waals surface area contributed by atoms with Crippen LogP contribution in [0.5, 0.6) is 0 Å². The monoisotopic (exact) mass is 278 g/mol. The van der Waals surface area contributed by atoms with Crippen molar-refractivity contribution in [1.29, 1.82) is 0 Å². The first kappa shape index (κ1) is 12.3. The predicted octanol–water partition coefficient (Wildman–Crippen LogP) is 3.94. The number of hydrogen-bond acceptors (Lipinski definition) is 2. The number of anilines is 1. The lowest BCUT2D eigenvalue weighted by molar-refractivity contribution is 0.688. The summed E-state index contributed by atoms with van der Waals surface area (Å²) < 4.78 is 0. The fraction of sp³-hybridized carbons (Fsp3) is 0.455. The van der Waals surface area contributed by atoms with Gasteiger partial charge in [-0.3, -0.25) is 0 Å². The third-order valence-corrected chi connectivity index (χ3v) is 3.64. The summed E-state index contributed by atoms with van der Waals surface area (Å²) in [6.07, 6.45) is 3.05. The predicted molar refractivity (Wildman–Crippen MR) is 70.7 cm³/mol. The number of nitrogens with two attached hydrogens (primary N) is 1. The molecule has 5 heteroatoms. The van der Waals surface area contributed by atoms with Gasteiger partial charge in [0, 0.05) is 17.1 Å². The van der Waals surface area contributed by atoms with Crippen LogP contribution in [0, 0.1) is 0 Å². The van der Waals surface area contributed by atoms with Gasteiger partial charge in [-0.1, -0.05) is 34.8 Å². The molecular formula is C11H13Cl3N2. The summed E-state index contributed by atoms with van der Waals surface area (Å²) in [5.74, 6) is 0. The van der Waals surface area contributed by atoms with Crippen molar-refractivity contribution in [3.8, 4) is 0 Å². The number of hydrogen-bond donors (Lipinski definition) is 2. The molecular weight excluding hydrogens is 266 g/mol. The highest BCUT2D eigenvalue weighted by Crippen LogP contribution is 2.35. The lowest BCUT2D eigenvalue weighted by Gasteiger charge is -2.16. The molecule has 1 aliphatic rings. The van der Waals surface area contributed by atoms with E-state index in [-0.39, 0.29) is 6.04 Å². The number of nitrogens with one attached hydrogen (secondary N) is 1. The molecule has 0 aromatic heterocycles. The van der Waals surface area contributed by atoms with Gasteiger partial charge >= 0.3 is 0 Å². The normalized spacial score (nSPS) is 24.8. The van der Waals surface area contributed by atoms with Crippen LogP contribution < -0.4 is 11.1 Å². The van der Waals surface area contributed by atoms with E-state index in [0.717, 1.165) is 24.9 Å². The topological polar surface area (TPSA) is 38.0 Å². The van der Waals surface area contributed by atoms with Crippen molar-refractivity contribution in [3.05, 3.63) is 27.2 Å². The van der Waals surface area contributed by atoms with Gasteiger partial charge in [0.25, 0.3) is 0 Å². The van der Waals surface area contributed by atoms with Gasteiger partial charge in [-0.25, -0.2) is 0 Å². The lowest BCUT2D eigenvalue weighted by Crippen LogP contribution is -2.21. The molecule has 0 spiro atoms.